The topological polar surface area (TPSA) is 39.1 Å². The number of aromatic nitrogens is 2. The Balaban J connectivity index is 1.51. The second-order valence-corrected chi connectivity index (χ2v) is 4.78. The van der Waals surface area contributed by atoms with E-state index in [-0.39, 0.29) is 6.10 Å². The highest BCUT2D eigenvalue weighted by Gasteiger charge is 2.19. The van der Waals surface area contributed by atoms with Crippen molar-refractivity contribution in [3.05, 3.63) is 53.9 Å². The number of hydrogen-bond acceptors (Lipinski definition) is 3. The Morgan fingerprint density at radius 3 is 3.16 bits per heavy atom. The molecule has 0 saturated carbocycles. The van der Waals surface area contributed by atoms with Gasteiger partial charge in [-0.3, -0.25) is 4.68 Å². The summed E-state index contributed by atoms with van der Waals surface area (Å²) in [5.41, 5.74) is 2.76. The molecule has 1 aliphatic rings. The van der Waals surface area contributed by atoms with Crippen LogP contribution in [0.25, 0.3) is 0 Å². The molecule has 3 rings (SSSR count). The van der Waals surface area contributed by atoms with Crippen LogP contribution in [0, 0.1) is 0 Å². The van der Waals surface area contributed by atoms with Gasteiger partial charge in [-0.25, -0.2) is 0 Å². The minimum absolute atomic E-state index is 0.183. The molecule has 0 radical (unpaired) electrons. The molecule has 2 heterocycles. The van der Waals surface area contributed by atoms with E-state index >= 15 is 0 Å². The zero-order chi connectivity index (χ0) is 12.9. The molecule has 1 N–H and O–H groups in total. The van der Waals surface area contributed by atoms with Crippen LogP contribution in [0.5, 0.6) is 0 Å². The Bertz CT molecular complexity index is 510. The zero-order valence-corrected chi connectivity index (χ0v) is 11.0. The van der Waals surface area contributed by atoms with Crippen LogP contribution in [0.15, 0.2) is 42.7 Å². The summed E-state index contributed by atoms with van der Waals surface area (Å²) in [5, 5.41) is 7.63. The number of fused-ring (bicyclic) bond motifs is 1. The lowest BCUT2D eigenvalue weighted by molar-refractivity contribution is 0.0425. The van der Waals surface area contributed by atoms with Crippen LogP contribution in [0.3, 0.4) is 0 Å². The molecule has 1 aliphatic heterocycles. The van der Waals surface area contributed by atoms with Gasteiger partial charge in [0, 0.05) is 25.5 Å². The monoisotopic (exact) mass is 257 g/mol. The molecule has 1 aromatic carbocycles. The van der Waals surface area contributed by atoms with Crippen LogP contribution in [-0.2, 0) is 17.7 Å². The molecule has 4 heteroatoms. The van der Waals surface area contributed by atoms with Crippen molar-refractivity contribution in [1.82, 2.24) is 15.1 Å². The molecule has 0 bridgehead atoms. The molecule has 0 aliphatic carbocycles. The van der Waals surface area contributed by atoms with Crippen LogP contribution < -0.4 is 5.32 Å². The van der Waals surface area contributed by atoms with E-state index in [4.69, 9.17) is 4.74 Å². The molecular weight excluding hydrogens is 238 g/mol. The number of nitrogens with one attached hydrogen (secondary N) is 1. The molecule has 19 heavy (non-hydrogen) atoms. The van der Waals surface area contributed by atoms with Gasteiger partial charge in [0.15, 0.2) is 0 Å². The van der Waals surface area contributed by atoms with Crippen molar-refractivity contribution in [2.24, 2.45) is 0 Å². The van der Waals surface area contributed by atoms with Gasteiger partial charge in [0.25, 0.3) is 0 Å². The maximum absolute atomic E-state index is 5.86. The number of hydrogen-bond donors (Lipinski definition) is 1. The summed E-state index contributed by atoms with van der Waals surface area (Å²) in [5.74, 6) is 0. The summed E-state index contributed by atoms with van der Waals surface area (Å²) in [4.78, 5) is 0. The van der Waals surface area contributed by atoms with E-state index in [2.05, 4.69) is 34.7 Å². The Labute approximate surface area is 113 Å². The van der Waals surface area contributed by atoms with Gasteiger partial charge >= 0.3 is 0 Å². The molecule has 2 aromatic rings. The fourth-order valence-electron chi connectivity index (χ4n) is 2.51. The van der Waals surface area contributed by atoms with E-state index < -0.39 is 0 Å². The quantitative estimate of drug-likeness (QED) is 0.830. The molecule has 1 atom stereocenters. The van der Waals surface area contributed by atoms with Gasteiger partial charge in [0.1, 0.15) is 0 Å². The first-order valence-corrected chi connectivity index (χ1v) is 6.81. The average Bonchev–Trinajstić information content (AvgIpc) is 2.97. The van der Waals surface area contributed by atoms with Crippen LogP contribution in [0.4, 0.5) is 0 Å². The van der Waals surface area contributed by atoms with Crippen molar-refractivity contribution in [2.45, 2.75) is 19.1 Å². The minimum Gasteiger partial charge on any atom is -0.372 e. The van der Waals surface area contributed by atoms with Gasteiger partial charge in [0.05, 0.1) is 19.3 Å². The molecule has 0 spiro atoms. The van der Waals surface area contributed by atoms with Gasteiger partial charge in [-0.05, 0) is 23.6 Å². The summed E-state index contributed by atoms with van der Waals surface area (Å²) in [6.45, 7) is 3.48. The predicted octanol–water partition coefficient (Wildman–Crippen LogP) is 1.79. The molecular formula is C15H19N3O. The Hall–Kier alpha value is -1.65. The van der Waals surface area contributed by atoms with Crippen molar-refractivity contribution in [2.75, 3.05) is 19.7 Å². The van der Waals surface area contributed by atoms with Gasteiger partial charge in [-0.1, -0.05) is 24.3 Å². The lowest BCUT2D eigenvalue weighted by atomic mass is 9.97. The smallest absolute Gasteiger partial charge is 0.0952 e. The van der Waals surface area contributed by atoms with Crippen LogP contribution in [0.2, 0.25) is 0 Å². The first-order chi connectivity index (χ1) is 9.43. The van der Waals surface area contributed by atoms with Crippen LogP contribution >= 0.6 is 0 Å². The highest BCUT2D eigenvalue weighted by molar-refractivity contribution is 5.31. The van der Waals surface area contributed by atoms with Crippen molar-refractivity contribution >= 4 is 0 Å². The van der Waals surface area contributed by atoms with Gasteiger partial charge in [-0.15, -0.1) is 0 Å². The van der Waals surface area contributed by atoms with Crippen molar-refractivity contribution in [3.8, 4) is 0 Å². The van der Waals surface area contributed by atoms with E-state index in [0.29, 0.717) is 0 Å². The summed E-state index contributed by atoms with van der Waals surface area (Å²) in [6.07, 6.45) is 5.00. The van der Waals surface area contributed by atoms with Crippen LogP contribution in [0.1, 0.15) is 17.2 Å². The van der Waals surface area contributed by atoms with E-state index in [1.54, 1.807) is 6.20 Å². The number of rotatable bonds is 5. The fraction of sp³-hybridized carbons (Fsp3) is 0.400. The summed E-state index contributed by atoms with van der Waals surface area (Å²) in [6, 6.07) is 10.5. The lowest BCUT2D eigenvalue weighted by Crippen LogP contribution is -2.29. The molecule has 0 amide bonds. The normalized spacial score (nSPS) is 18.2. The van der Waals surface area contributed by atoms with Crippen molar-refractivity contribution < 1.29 is 4.74 Å². The first kappa shape index (κ1) is 12.4. The predicted molar refractivity (Wildman–Crippen MR) is 73.9 cm³/mol. The number of ether oxygens (including phenoxy) is 1. The zero-order valence-electron chi connectivity index (χ0n) is 11.0. The molecule has 100 valence electrons. The maximum atomic E-state index is 5.86. The Morgan fingerprint density at radius 1 is 1.32 bits per heavy atom. The van der Waals surface area contributed by atoms with E-state index in [9.17, 15) is 0 Å². The minimum atomic E-state index is 0.183. The number of nitrogens with zero attached hydrogens (tertiary/aromatic N) is 2. The molecule has 1 unspecified atom stereocenters. The second-order valence-electron chi connectivity index (χ2n) is 4.78. The van der Waals surface area contributed by atoms with E-state index in [1.165, 1.54) is 11.1 Å². The molecule has 0 fully saturated rings. The summed E-state index contributed by atoms with van der Waals surface area (Å²) in [7, 11) is 0. The highest BCUT2D eigenvalue weighted by atomic mass is 16.5. The highest BCUT2D eigenvalue weighted by Crippen LogP contribution is 2.25. The standard InChI is InChI=1S/C15H19N3O/c1-2-5-14-13(4-1)6-11-19-15(14)12-16-8-10-18-9-3-7-17-18/h1-5,7,9,15-16H,6,8,10-12H2. The number of benzene rings is 1. The maximum Gasteiger partial charge on any atom is 0.0952 e. The Kier molecular flexibility index (Phi) is 3.91. The van der Waals surface area contributed by atoms with Crippen molar-refractivity contribution in [1.29, 1.82) is 0 Å². The Morgan fingerprint density at radius 2 is 2.26 bits per heavy atom. The van der Waals surface area contributed by atoms with Crippen molar-refractivity contribution in [3.63, 3.8) is 0 Å². The van der Waals surface area contributed by atoms with Gasteiger partial charge in [-0.2, -0.15) is 5.10 Å². The lowest BCUT2D eigenvalue weighted by Gasteiger charge is -2.26. The fourth-order valence-corrected chi connectivity index (χ4v) is 2.51. The summed E-state index contributed by atoms with van der Waals surface area (Å²) >= 11 is 0. The molecule has 4 nitrogen and oxygen atoms in total. The van der Waals surface area contributed by atoms with Crippen LogP contribution in [-0.4, -0.2) is 29.5 Å². The van der Waals surface area contributed by atoms with E-state index in [1.807, 2.05) is 16.9 Å². The average molecular weight is 257 g/mol. The third-order valence-corrected chi connectivity index (χ3v) is 3.50. The molecule has 1 aromatic heterocycles. The second kappa shape index (κ2) is 5.99. The third-order valence-electron chi connectivity index (χ3n) is 3.50. The summed E-state index contributed by atoms with van der Waals surface area (Å²) < 4.78 is 7.79. The molecule has 0 saturated heterocycles. The largest absolute Gasteiger partial charge is 0.372 e. The first-order valence-electron chi connectivity index (χ1n) is 6.81. The van der Waals surface area contributed by atoms with Gasteiger partial charge < -0.3 is 10.1 Å². The third kappa shape index (κ3) is 3.03. The van der Waals surface area contributed by atoms with Gasteiger partial charge in [0.2, 0.25) is 0 Å². The van der Waals surface area contributed by atoms with E-state index in [0.717, 1.165) is 32.7 Å². The SMILES string of the molecule is c1ccc2c(c1)CCOC2CNCCn1cccn1.